The highest BCUT2D eigenvalue weighted by Gasteiger charge is 2.24. The van der Waals surface area contributed by atoms with E-state index >= 15 is 0 Å². The van der Waals surface area contributed by atoms with Crippen molar-refractivity contribution in [1.29, 1.82) is 0 Å². The van der Waals surface area contributed by atoms with Crippen LogP contribution in [0.15, 0.2) is 18.2 Å². The maximum atomic E-state index is 12.6. The number of likely N-dealkylation sites (tertiary alicyclic amines) is 1. The number of carbonyl (C=O) groups is 3. The number of ether oxygens (including phenoxy) is 1. The van der Waals surface area contributed by atoms with E-state index < -0.39 is 0 Å². The minimum Gasteiger partial charge on any atom is -0.490 e. The minimum absolute atomic E-state index is 0.0667. The summed E-state index contributed by atoms with van der Waals surface area (Å²) in [6, 6.07) is 5.77. The third-order valence-corrected chi connectivity index (χ3v) is 4.94. The number of nitrogens with zero attached hydrogens (tertiary/aromatic N) is 2. The van der Waals surface area contributed by atoms with Crippen molar-refractivity contribution in [2.45, 2.75) is 39.0 Å². The van der Waals surface area contributed by atoms with E-state index in [2.05, 4.69) is 5.32 Å². The molecule has 146 valence electrons. The molecule has 0 radical (unpaired) electrons. The van der Waals surface area contributed by atoms with Crippen LogP contribution in [0.1, 0.15) is 37.7 Å². The molecule has 7 heteroatoms. The maximum Gasteiger partial charge on any atom is 0.227 e. The Balaban J connectivity index is 1.40. The van der Waals surface area contributed by atoms with Gasteiger partial charge in [0.15, 0.2) is 0 Å². The predicted octanol–water partition coefficient (Wildman–Crippen LogP) is 1.63. The zero-order valence-corrected chi connectivity index (χ0v) is 15.8. The van der Waals surface area contributed by atoms with Crippen LogP contribution in [0.2, 0.25) is 0 Å². The van der Waals surface area contributed by atoms with Crippen LogP contribution in [-0.4, -0.2) is 55.4 Å². The Bertz CT molecular complexity index is 719. The van der Waals surface area contributed by atoms with Gasteiger partial charge in [-0.2, -0.15) is 0 Å². The van der Waals surface area contributed by atoms with E-state index in [4.69, 9.17) is 4.74 Å². The average Bonchev–Trinajstić information content (AvgIpc) is 3.07. The van der Waals surface area contributed by atoms with Crippen LogP contribution >= 0.6 is 0 Å². The first kappa shape index (κ1) is 19.2. The summed E-state index contributed by atoms with van der Waals surface area (Å²) in [7, 11) is 0. The molecule has 0 aromatic heterocycles. The number of amides is 3. The Morgan fingerprint density at radius 1 is 1.22 bits per heavy atom. The van der Waals surface area contributed by atoms with Gasteiger partial charge in [-0.3, -0.25) is 14.4 Å². The molecule has 3 amide bonds. The Labute approximate surface area is 159 Å². The van der Waals surface area contributed by atoms with Gasteiger partial charge < -0.3 is 19.9 Å². The quantitative estimate of drug-likeness (QED) is 0.737. The third-order valence-electron chi connectivity index (χ3n) is 4.94. The normalized spacial score (nSPS) is 16.1. The van der Waals surface area contributed by atoms with E-state index in [-0.39, 0.29) is 30.6 Å². The molecular formula is C20H27N3O4. The first-order valence-electron chi connectivity index (χ1n) is 9.63. The fourth-order valence-electron chi connectivity index (χ4n) is 3.47. The number of anilines is 1. The van der Waals surface area contributed by atoms with Crippen LogP contribution in [0.5, 0.6) is 5.75 Å². The molecule has 0 atom stereocenters. The lowest BCUT2D eigenvalue weighted by molar-refractivity contribution is -0.127. The fourth-order valence-corrected chi connectivity index (χ4v) is 3.47. The summed E-state index contributed by atoms with van der Waals surface area (Å²) in [5.41, 5.74) is 1.84. The predicted molar refractivity (Wildman–Crippen MR) is 102 cm³/mol. The van der Waals surface area contributed by atoms with E-state index in [1.807, 2.05) is 30.0 Å². The van der Waals surface area contributed by atoms with E-state index in [0.29, 0.717) is 38.4 Å². The second kappa shape index (κ2) is 8.88. The van der Waals surface area contributed by atoms with Gasteiger partial charge in [0.2, 0.25) is 17.7 Å². The highest BCUT2D eigenvalue weighted by atomic mass is 16.5. The molecule has 1 aromatic carbocycles. The van der Waals surface area contributed by atoms with Gasteiger partial charge in [-0.1, -0.05) is 6.07 Å². The number of rotatable bonds is 7. The van der Waals surface area contributed by atoms with E-state index in [1.54, 1.807) is 4.90 Å². The standard InChI is InChI=1S/C20H27N3O4/c1-15-5-6-17-16(14-15)23(12-13-27-17)20(26)8-7-18(24)21-9-3-11-22-10-2-4-19(22)25/h5-6,14H,2-4,7-13H2,1H3,(H,21,24). The first-order chi connectivity index (χ1) is 13.0. The largest absolute Gasteiger partial charge is 0.490 e. The molecule has 1 fully saturated rings. The highest BCUT2D eigenvalue weighted by Crippen LogP contribution is 2.32. The van der Waals surface area contributed by atoms with Gasteiger partial charge in [-0.25, -0.2) is 0 Å². The number of hydrogen-bond acceptors (Lipinski definition) is 4. The van der Waals surface area contributed by atoms with Crippen LogP contribution in [0, 0.1) is 6.92 Å². The number of aryl methyl sites for hydroxylation is 1. The van der Waals surface area contributed by atoms with Gasteiger partial charge in [0.05, 0.1) is 12.2 Å². The van der Waals surface area contributed by atoms with Crippen molar-refractivity contribution in [2.75, 3.05) is 37.7 Å². The molecule has 2 aliphatic rings. The summed E-state index contributed by atoms with van der Waals surface area (Å²) in [6.45, 7) is 4.96. The third kappa shape index (κ3) is 4.99. The Hall–Kier alpha value is -2.57. The molecular weight excluding hydrogens is 346 g/mol. The molecule has 0 unspecified atom stereocenters. The fraction of sp³-hybridized carbons (Fsp3) is 0.550. The average molecular weight is 373 g/mol. The van der Waals surface area contributed by atoms with Crippen molar-refractivity contribution in [3.63, 3.8) is 0 Å². The van der Waals surface area contributed by atoms with Crippen molar-refractivity contribution in [3.8, 4) is 5.75 Å². The number of nitrogens with one attached hydrogen (secondary N) is 1. The molecule has 0 bridgehead atoms. The van der Waals surface area contributed by atoms with Crippen molar-refractivity contribution in [3.05, 3.63) is 23.8 Å². The van der Waals surface area contributed by atoms with Crippen molar-refractivity contribution in [1.82, 2.24) is 10.2 Å². The summed E-state index contributed by atoms with van der Waals surface area (Å²) in [4.78, 5) is 39.6. The lowest BCUT2D eigenvalue weighted by Crippen LogP contribution is -2.38. The monoisotopic (exact) mass is 373 g/mol. The molecule has 1 N–H and O–H groups in total. The molecule has 27 heavy (non-hydrogen) atoms. The molecule has 0 spiro atoms. The second-order valence-corrected chi connectivity index (χ2v) is 7.05. The van der Waals surface area contributed by atoms with Crippen LogP contribution < -0.4 is 15.0 Å². The van der Waals surface area contributed by atoms with Gasteiger partial charge in [0.1, 0.15) is 12.4 Å². The van der Waals surface area contributed by atoms with Crippen molar-refractivity contribution >= 4 is 23.4 Å². The number of carbonyl (C=O) groups excluding carboxylic acids is 3. The van der Waals surface area contributed by atoms with Crippen molar-refractivity contribution in [2.24, 2.45) is 0 Å². The summed E-state index contributed by atoms with van der Waals surface area (Å²) in [5, 5.41) is 2.84. The second-order valence-electron chi connectivity index (χ2n) is 7.05. The van der Waals surface area contributed by atoms with Crippen molar-refractivity contribution < 1.29 is 19.1 Å². The molecule has 0 aliphatic carbocycles. The van der Waals surface area contributed by atoms with E-state index in [9.17, 15) is 14.4 Å². The molecule has 7 nitrogen and oxygen atoms in total. The van der Waals surface area contributed by atoms with Crippen LogP contribution in [0.3, 0.4) is 0 Å². The van der Waals surface area contributed by atoms with Gasteiger partial charge >= 0.3 is 0 Å². The minimum atomic E-state index is -0.131. The zero-order valence-electron chi connectivity index (χ0n) is 15.8. The SMILES string of the molecule is Cc1ccc2c(c1)N(C(=O)CCC(=O)NCCCN1CCCC1=O)CCO2. The van der Waals surface area contributed by atoms with Crippen LogP contribution in [-0.2, 0) is 14.4 Å². The van der Waals surface area contributed by atoms with Crippen LogP contribution in [0.25, 0.3) is 0 Å². The number of fused-ring (bicyclic) bond motifs is 1. The van der Waals surface area contributed by atoms with Gasteiger partial charge in [-0.05, 0) is 37.5 Å². The molecule has 2 heterocycles. The molecule has 3 rings (SSSR count). The lowest BCUT2D eigenvalue weighted by atomic mass is 10.1. The summed E-state index contributed by atoms with van der Waals surface area (Å²) >= 11 is 0. The number of hydrogen-bond donors (Lipinski definition) is 1. The number of benzene rings is 1. The molecule has 0 saturated carbocycles. The summed E-state index contributed by atoms with van der Waals surface area (Å²) in [6.07, 6.45) is 2.64. The molecule has 1 saturated heterocycles. The Morgan fingerprint density at radius 3 is 2.85 bits per heavy atom. The highest BCUT2D eigenvalue weighted by molar-refractivity contribution is 5.97. The Kier molecular flexibility index (Phi) is 6.32. The first-order valence-corrected chi connectivity index (χ1v) is 9.63. The van der Waals surface area contributed by atoms with Crippen LogP contribution in [0.4, 0.5) is 5.69 Å². The maximum absolute atomic E-state index is 12.6. The van der Waals surface area contributed by atoms with E-state index in [1.165, 1.54) is 0 Å². The topological polar surface area (TPSA) is 79.0 Å². The molecule has 1 aromatic rings. The summed E-state index contributed by atoms with van der Waals surface area (Å²) in [5.74, 6) is 0.714. The van der Waals surface area contributed by atoms with Gasteiger partial charge in [0.25, 0.3) is 0 Å². The van der Waals surface area contributed by atoms with E-state index in [0.717, 1.165) is 30.6 Å². The van der Waals surface area contributed by atoms with Gasteiger partial charge in [-0.15, -0.1) is 0 Å². The van der Waals surface area contributed by atoms with Gasteiger partial charge in [0, 0.05) is 38.9 Å². The summed E-state index contributed by atoms with van der Waals surface area (Å²) < 4.78 is 5.60. The smallest absolute Gasteiger partial charge is 0.227 e. The Morgan fingerprint density at radius 2 is 2.07 bits per heavy atom. The zero-order chi connectivity index (χ0) is 19.2. The molecule has 2 aliphatic heterocycles. The lowest BCUT2D eigenvalue weighted by Gasteiger charge is -2.30.